The first-order valence-electron chi connectivity index (χ1n) is 19.9. The SMILES string of the molecule is CCCCCCCCCCCCCCCCCCOC[C@@H](COP(=O)(O)OC[C@H]1O[C@@](C#N)(c2ccc3c(C)ncnn23)[C@H](O)[C@@H]1O)Oc1ccccc1. The Morgan fingerprint density at radius 2 is 1.50 bits per heavy atom. The summed E-state index contributed by atoms with van der Waals surface area (Å²) in [4.78, 5) is 14.7. The van der Waals surface area contributed by atoms with Crippen LogP contribution in [0.3, 0.4) is 0 Å². The third-order valence-electron chi connectivity index (χ3n) is 9.97. The minimum atomic E-state index is -4.70. The Balaban J connectivity index is 1.15. The van der Waals surface area contributed by atoms with Crippen LogP contribution in [0, 0.1) is 18.3 Å². The molecule has 2 aromatic heterocycles. The molecule has 1 aromatic carbocycles. The molecular weight excluding hydrogens is 711 g/mol. The monoisotopic (exact) mass is 772 g/mol. The van der Waals surface area contributed by atoms with E-state index < -0.39 is 44.4 Å². The van der Waals surface area contributed by atoms with Crippen molar-refractivity contribution in [2.45, 2.75) is 147 Å². The van der Waals surface area contributed by atoms with Crippen molar-refractivity contribution in [3.8, 4) is 11.8 Å². The molecule has 14 heteroatoms. The van der Waals surface area contributed by atoms with Crippen LogP contribution in [0.5, 0.6) is 5.75 Å². The molecule has 1 aliphatic rings. The van der Waals surface area contributed by atoms with Crippen molar-refractivity contribution < 1.29 is 42.9 Å². The molecule has 0 radical (unpaired) electrons. The fraction of sp³-hybridized carbons (Fsp3) is 0.675. The van der Waals surface area contributed by atoms with Crippen molar-refractivity contribution in [1.29, 1.82) is 5.26 Å². The topological polar surface area (TPSA) is 178 Å². The number of aromatic nitrogens is 3. The molecular formula is C40H61N4O9P. The van der Waals surface area contributed by atoms with Gasteiger partial charge in [-0.15, -0.1) is 0 Å². The smallest absolute Gasteiger partial charge is 0.472 e. The van der Waals surface area contributed by atoms with E-state index in [0.717, 1.165) is 12.8 Å². The van der Waals surface area contributed by atoms with Crippen LogP contribution >= 0.6 is 7.82 Å². The van der Waals surface area contributed by atoms with E-state index in [1.54, 1.807) is 31.2 Å². The van der Waals surface area contributed by atoms with Crippen molar-refractivity contribution in [3.63, 3.8) is 0 Å². The lowest BCUT2D eigenvalue weighted by molar-refractivity contribution is -0.0652. The number of rotatable bonds is 28. The van der Waals surface area contributed by atoms with Gasteiger partial charge in [-0.25, -0.2) is 14.1 Å². The van der Waals surface area contributed by atoms with Gasteiger partial charge < -0.3 is 29.3 Å². The highest BCUT2D eigenvalue weighted by molar-refractivity contribution is 7.47. The number of para-hydroxylation sites is 1. The summed E-state index contributed by atoms with van der Waals surface area (Å²) in [6, 6.07) is 14.2. The summed E-state index contributed by atoms with van der Waals surface area (Å²) in [6.45, 7) is 3.72. The van der Waals surface area contributed by atoms with Crippen molar-refractivity contribution in [3.05, 3.63) is 60.2 Å². The number of aryl methyl sites for hydroxylation is 1. The predicted octanol–water partition coefficient (Wildman–Crippen LogP) is 7.74. The Hall–Kier alpha value is -2.92. The Morgan fingerprint density at radius 3 is 2.11 bits per heavy atom. The van der Waals surface area contributed by atoms with E-state index >= 15 is 0 Å². The van der Waals surface area contributed by atoms with E-state index in [1.165, 1.54) is 101 Å². The summed E-state index contributed by atoms with van der Waals surface area (Å²) >= 11 is 0. The number of hydrogen-bond donors (Lipinski definition) is 3. The molecule has 13 nitrogen and oxygen atoms in total. The molecule has 0 bridgehead atoms. The van der Waals surface area contributed by atoms with Crippen molar-refractivity contribution >= 4 is 13.3 Å². The van der Waals surface area contributed by atoms with Gasteiger partial charge in [-0.2, -0.15) is 10.4 Å². The molecule has 3 aromatic rings. The van der Waals surface area contributed by atoms with Gasteiger partial charge in [-0.05, 0) is 37.6 Å². The number of ether oxygens (including phenoxy) is 3. The largest absolute Gasteiger partial charge is 0.486 e. The van der Waals surface area contributed by atoms with E-state index in [0.29, 0.717) is 23.6 Å². The Labute approximate surface area is 320 Å². The minimum absolute atomic E-state index is 0.128. The quantitative estimate of drug-likeness (QED) is 0.0484. The molecule has 4 rings (SSSR count). The summed E-state index contributed by atoms with van der Waals surface area (Å²) in [7, 11) is -4.70. The maximum Gasteiger partial charge on any atom is 0.472 e. The van der Waals surface area contributed by atoms with Gasteiger partial charge in [0.05, 0.1) is 36.7 Å². The molecule has 0 amide bonds. The second kappa shape index (κ2) is 23.2. The third-order valence-corrected chi connectivity index (χ3v) is 10.9. The number of nitriles is 1. The zero-order valence-electron chi connectivity index (χ0n) is 32.1. The number of unbranched alkanes of at least 4 members (excludes halogenated alkanes) is 15. The molecule has 3 N–H and O–H groups in total. The van der Waals surface area contributed by atoms with Gasteiger partial charge >= 0.3 is 7.82 Å². The van der Waals surface area contributed by atoms with Gasteiger partial charge in [0.15, 0.2) is 0 Å². The van der Waals surface area contributed by atoms with E-state index in [-0.39, 0.29) is 18.9 Å². The van der Waals surface area contributed by atoms with Gasteiger partial charge in [-0.1, -0.05) is 121 Å². The van der Waals surface area contributed by atoms with Crippen LogP contribution in [0.2, 0.25) is 0 Å². The molecule has 6 atom stereocenters. The van der Waals surface area contributed by atoms with Crippen LogP contribution in [0.15, 0.2) is 48.8 Å². The van der Waals surface area contributed by atoms with Gasteiger partial charge in [-0.3, -0.25) is 9.05 Å². The number of aliphatic hydroxyl groups is 2. The first kappa shape index (κ1) is 43.8. The fourth-order valence-corrected chi connectivity index (χ4v) is 7.58. The number of phosphoric acid groups is 1. The highest BCUT2D eigenvalue weighted by Crippen LogP contribution is 2.46. The van der Waals surface area contributed by atoms with Crippen molar-refractivity contribution in [2.24, 2.45) is 0 Å². The molecule has 1 fully saturated rings. The van der Waals surface area contributed by atoms with E-state index in [4.69, 9.17) is 23.3 Å². The summed E-state index contributed by atoms with van der Waals surface area (Å²) in [5.74, 6) is 0.550. The molecule has 54 heavy (non-hydrogen) atoms. The predicted molar refractivity (Wildman–Crippen MR) is 205 cm³/mol. The maximum absolute atomic E-state index is 13.0. The number of phosphoric ester groups is 1. The summed E-state index contributed by atoms with van der Waals surface area (Å²) in [6.07, 6.45) is 16.6. The second-order valence-corrected chi connectivity index (χ2v) is 15.7. The van der Waals surface area contributed by atoms with E-state index in [2.05, 4.69) is 17.0 Å². The fourth-order valence-electron chi connectivity index (χ4n) is 6.81. The number of fused-ring (bicyclic) bond motifs is 1. The van der Waals surface area contributed by atoms with Crippen molar-refractivity contribution in [2.75, 3.05) is 26.4 Å². The first-order chi connectivity index (χ1) is 26.2. The zero-order chi connectivity index (χ0) is 38.7. The summed E-state index contributed by atoms with van der Waals surface area (Å²) in [5, 5.41) is 36.1. The number of hydrogen-bond acceptors (Lipinski definition) is 11. The molecule has 1 saturated heterocycles. The van der Waals surface area contributed by atoms with Crippen LogP contribution in [-0.2, 0) is 28.7 Å². The van der Waals surface area contributed by atoms with Crippen LogP contribution in [-0.4, -0.2) is 80.5 Å². The molecule has 0 saturated carbocycles. The molecule has 1 aliphatic heterocycles. The van der Waals surface area contributed by atoms with E-state index in [9.17, 15) is 24.9 Å². The zero-order valence-corrected chi connectivity index (χ0v) is 33.0. The lowest BCUT2D eigenvalue weighted by atomic mass is 9.92. The van der Waals surface area contributed by atoms with Crippen LogP contribution in [0.4, 0.5) is 0 Å². The van der Waals surface area contributed by atoms with Gasteiger partial charge in [0.25, 0.3) is 0 Å². The molecule has 3 heterocycles. The molecule has 1 unspecified atom stereocenters. The number of aliphatic hydroxyl groups excluding tert-OH is 2. The maximum atomic E-state index is 13.0. The van der Waals surface area contributed by atoms with Gasteiger partial charge in [0, 0.05) is 6.61 Å². The molecule has 0 aliphatic carbocycles. The van der Waals surface area contributed by atoms with Crippen LogP contribution < -0.4 is 4.74 Å². The highest BCUT2D eigenvalue weighted by atomic mass is 31.2. The standard InChI is InChI=1S/C40H61N4O9P/c1-3-4-5-6-7-8-9-10-11-12-13-14-15-16-17-21-26-49-27-34(52-33-22-19-18-20-23-33)28-50-54(47,48)51-29-36-38(45)39(46)40(30-41,53-36)37-25-24-35-32(2)42-31-43-44(35)37/h18-20,22-25,31,34,36,38-39,45-46H,3-17,21,26-29H2,1-2H3,(H,47,48)/t34-,36+,38+,39+,40-/m0/s1. The molecule has 0 spiro atoms. The Morgan fingerprint density at radius 1 is 0.889 bits per heavy atom. The highest BCUT2D eigenvalue weighted by Gasteiger charge is 2.58. The number of nitrogens with zero attached hydrogens (tertiary/aromatic N) is 4. The average Bonchev–Trinajstić information content (AvgIpc) is 3.72. The third kappa shape index (κ3) is 13.4. The summed E-state index contributed by atoms with van der Waals surface area (Å²) in [5.41, 5.74) is -0.639. The van der Waals surface area contributed by atoms with E-state index in [1.807, 2.05) is 24.3 Å². The van der Waals surface area contributed by atoms with Crippen molar-refractivity contribution in [1.82, 2.24) is 14.6 Å². The van der Waals surface area contributed by atoms with Gasteiger partial charge in [0.2, 0.25) is 5.60 Å². The average molecular weight is 773 g/mol. The minimum Gasteiger partial charge on any atom is -0.486 e. The second-order valence-electron chi connectivity index (χ2n) is 14.3. The normalized spacial score (nSPS) is 21.6. The van der Waals surface area contributed by atoms with Crippen LogP contribution in [0.1, 0.15) is 121 Å². The lowest BCUT2D eigenvalue weighted by Gasteiger charge is -2.24. The van der Waals surface area contributed by atoms with Gasteiger partial charge in [0.1, 0.15) is 42.6 Å². The molecule has 300 valence electrons. The Kier molecular flexibility index (Phi) is 18.8. The Bertz CT molecular complexity index is 1590. The first-order valence-corrected chi connectivity index (χ1v) is 21.4. The van der Waals surface area contributed by atoms with Crippen LogP contribution in [0.25, 0.3) is 5.52 Å². The number of benzene rings is 1. The lowest BCUT2D eigenvalue weighted by Crippen LogP contribution is -2.41. The summed E-state index contributed by atoms with van der Waals surface area (Å²) < 4.78 is 42.6.